The summed E-state index contributed by atoms with van der Waals surface area (Å²) in [6, 6.07) is 8.21. The van der Waals surface area contributed by atoms with Gasteiger partial charge in [0.15, 0.2) is 0 Å². The third-order valence-electron chi connectivity index (χ3n) is 4.52. The highest BCUT2D eigenvalue weighted by molar-refractivity contribution is 5.84. The van der Waals surface area contributed by atoms with Crippen LogP contribution in [0.3, 0.4) is 0 Å². The Morgan fingerprint density at radius 1 is 1.29 bits per heavy atom. The molecule has 1 aromatic rings. The number of benzene rings is 1. The first kappa shape index (κ1) is 14.1. The lowest BCUT2D eigenvalue weighted by molar-refractivity contribution is -0.127. The van der Waals surface area contributed by atoms with Crippen LogP contribution in [0.4, 0.5) is 0 Å². The maximum atomic E-state index is 12.3. The predicted octanol–water partition coefficient (Wildman–Crippen LogP) is 1.85. The highest BCUT2D eigenvalue weighted by atomic mass is 16.2. The van der Waals surface area contributed by atoms with Crippen LogP contribution in [-0.2, 0) is 16.0 Å². The van der Waals surface area contributed by atoms with Crippen LogP contribution in [0, 0.1) is 0 Å². The molecule has 0 spiro atoms. The van der Waals surface area contributed by atoms with E-state index in [9.17, 15) is 9.59 Å². The van der Waals surface area contributed by atoms with Gasteiger partial charge in [0.2, 0.25) is 11.8 Å². The summed E-state index contributed by atoms with van der Waals surface area (Å²) >= 11 is 0. The van der Waals surface area contributed by atoms with Gasteiger partial charge in [-0.1, -0.05) is 24.3 Å². The Hall–Kier alpha value is -1.84. The lowest BCUT2D eigenvalue weighted by atomic mass is 10.0. The SMILES string of the molecule is O=C(NCCCN1CCCC1=O)[C@H]1CCc2ccccc21. The van der Waals surface area contributed by atoms with E-state index in [-0.39, 0.29) is 17.7 Å². The minimum Gasteiger partial charge on any atom is -0.356 e. The van der Waals surface area contributed by atoms with E-state index >= 15 is 0 Å². The molecule has 1 heterocycles. The largest absolute Gasteiger partial charge is 0.356 e. The van der Waals surface area contributed by atoms with E-state index in [4.69, 9.17) is 0 Å². The average molecular weight is 286 g/mol. The molecule has 3 rings (SSSR count). The van der Waals surface area contributed by atoms with E-state index in [0.29, 0.717) is 13.0 Å². The molecule has 112 valence electrons. The summed E-state index contributed by atoms with van der Waals surface area (Å²) in [6.07, 6.45) is 4.41. The molecule has 2 amide bonds. The Kier molecular flexibility index (Phi) is 4.23. The molecule has 0 bridgehead atoms. The molecule has 1 saturated heterocycles. The molecule has 2 aliphatic rings. The molecule has 0 radical (unpaired) electrons. The summed E-state index contributed by atoms with van der Waals surface area (Å²) in [7, 11) is 0. The fraction of sp³-hybridized carbons (Fsp3) is 0.529. The Bertz CT molecular complexity index is 541. The zero-order valence-electron chi connectivity index (χ0n) is 12.3. The smallest absolute Gasteiger partial charge is 0.227 e. The van der Waals surface area contributed by atoms with Crippen LogP contribution in [-0.4, -0.2) is 36.3 Å². The maximum absolute atomic E-state index is 12.3. The van der Waals surface area contributed by atoms with E-state index in [0.717, 1.165) is 38.8 Å². The number of nitrogens with zero attached hydrogens (tertiary/aromatic N) is 1. The number of amides is 2. The van der Waals surface area contributed by atoms with Crippen molar-refractivity contribution in [3.8, 4) is 0 Å². The van der Waals surface area contributed by atoms with E-state index in [1.54, 1.807) is 0 Å². The van der Waals surface area contributed by atoms with Crippen molar-refractivity contribution in [3.63, 3.8) is 0 Å². The zero-order valence-corrected chi connectivity index (χ0v) is 12.3. The van der Waals surface area contributed by atoms with Gasteiger partial charge in [-0.25, -0.2) is 0 Å². The molecule has 1 atom stereocenters. The normalized spacial score (nSPS) is 20.7. The standard InChI is InChI=1S/C17H22N2O2/c20-16-7-3-11-19(16)12-4-10-18-17(21)15-9-8-13-5-1-2-6-14(13)15/h1-2,5-6,15H,3-4,7-12H2,(H,18,21)/t15-/m0/s1. The molecule has 4 heteroatoms. The Labute approximate surface area is 125 Å². The van der Waals surface area contributed by atoms with Gasteiger partial charge in [-0.05, 0) is 36.8 Å². The topological polar surface area (TPSA) is 49.4 Å². The molecular formula is C17H22N2O2. The first-order chi connectivity index (χ1) is 10.3. The zero-order chi connectivity index (χ0) is 14.7. The fourth-order valence-corrected chi connectivity index (χ4v) is 3.37. The number of carbonyl (C=O) groups is 2. The van der Waals surface area contributed by atoms with Crippen LogP contribution in [0.5, 0.6) is 0 Å². The molecule has 0 aromatic heterocycles. The van der Waals surface area contributed by atoms with Gasteiger partial charge in [0.05, 0.1) is 5.92 Å². The average Bonchev–Trinajstić information content (AvgIpc) is 3.10. The van der Waals surface area contributed by atoms with Crippen molar-refractivity contribution in [2.75, 3.05) is 19.6 Å². The van der Waals surface area contributed by atoms with E-state index in [1.165, 1.54) is 11.1 Å². The molecule has 1 aromatic carbocycles. The lowest BCUT2D eigenvalue weighted by Crippen LogP contribution is -2.32. The van der Waals surface area contributed by atoms with E-state index < -0.39 is 0 Å². The van der Waals surface area contributed by atoms with Crippen molar-refractivity contribution in [1.82, 2.24) is 10.2 Å². The molecule has 1 aliphatic heterocycles. The van der Waals surface area contributed by atoms with Gasteiger partial charge >= 0.3 is 0 Å². The van der Waals surface area contributed by atoms with Gasteiger partial charge in [0.1, 0.15) is 0 Å². The number of hydrogen-bond acceptors (Lipinski definition) is 2. The molecule has 1 N–H and O–H groups in total. The van der Waals surface area contributed by atoms with Crippen LogP contribution in [0.15, 0.2) is 24.3 Å². The highest BCUT2D eigenvalue weighted by Crippen LogP contribution is 2.32. The van der Waals surface area contributed by atoms with E-state index in [1.807, 2.05) is 17.0 Å². The second-order valence-corrected chi connectivity index (χ2v) is 5.92. The first-order valence-corrected chi connectivity index (χ1v) is 7.89. The summed E-state index contributed by atoms with van der Waals surface area (Å²) < 4.78 is 0. The fourth-order valence-electron chi connectivity index (χ4n) is 3.37. The summed E-state index contributed by atoms with van der Waals surface area (Å²) in [5.41, 5.74) is 2.49. The number of aryl methyl sites for hydroxylation is 1. The van der Waals surface area contributed by atoms with Gasteiger partial charge in [0.25, 0.3) is 0 Å². The number of hydrogen-bond donors (Lipinski definition) is 1. The molecule has 21 heavy (non-hydrogen) atoms. The summed E-state index contributed by atoms with van der Waals surface area (Å²) in [4.78, 5) is 25.7. The van der Waals surface area contributed by atoms with Gasteiger partial charge in [0, 0.05) is 26.1 Å². The number of carbonyl (C=O) groups excluding carboxylic acids is 2. The molecule has 1 fully saturated rings. The second-order valence-electron chi connectivity index (χ2n) is 5.92. The Morgan fingerprint density at radius 2 is 2.14 bits per heavy atom. The van der Waals surface area contributed by atoms with Gasteiger partial charge < -0.3 is 10.2 Å². The predicted molar refractivity (Wildman–Crippen MR) is 80.9 cm³/mol. The lowest BCUT2D eigenvalue weighted by Gasteiger charge is -2.16. The minimum absolute atomic E-state index is 0.00891. The van der Waals surface area contributed by atoms with Gasteiger partial charge in [-0.2, -0.15) is 0 Å². The number of rotatable bonds is 5. The highest BCUT2D eigenvalue weighted by Gasteiger charge is 2.27. The first-order valence-electron chi connectivity index (χ1n) is 7.89. The molecule has 0 saturated carbocycles. The number of nitrogens with one attached hydrogen (secondary N) is 1. The monoisotopic (exact) mass is 286 g/mol. The number of likely N-dealkylation sites (tertiary alicyclic amines) is 1. The van der Waals surface area contributed by atoms with Crippen molar-refractivity contribution in [3.05, 3.63) is 35.4 Å². The Morgan fingerprint density at radius 3 is 2.95 bits per heavy atom. The second kappa shape index (κ2) is 6.29. The van der Waals surface area contributed by atoms with Gasteiger partial charge in [-0.3, -0.25) is 9.59 Å². The van der Waals surface area contributed by atoms with E-state index in [2.05, 4.69) is 17.4 Å². The molecule has 0 unspecified atom stereocenters. The summed E-state index contributed by atoms with van der Waals surface area (Å²) in [5.74, 6) is 0.397. The van der Waals surface area contributed by atoms with Crippen molar-refractivity contribution in [2.45, 2.75) is 38.0 Å². The molecule has 1 aliphatic carbocycles. The number of fused-ring (bicyclic) bond motifs is 1. The van der Waals surface area contributed by atoms with Crippen molar-refractivity contribution in [2.24, 2.45) is 0 Å². The van der Waals surface area contributed by atoms with Crippen molar-refractivity contribution in [1.29, 1.82) is 0 Å². The van der Waals surface area contributed by atoms with Crippen LogP contribution < -0.4 is 5.32 Å². The van der Waals surface area contributed by atoms with Crippen LogP contribution in [0.25, 0.3) is 0 Å². The van der Waals surface area contributed by atoms with Crippen LogP contribution in [0.2, 0.25) is 0 Å². The van der Waals surface area contributed by atoms with Crippen molar-refractivity contribution >= 4 is 11.8 Å². The minimum atomic E-state index is 0.00891. The summed E-state index contributed by atoms with van der Waals surface area (Å²) in [6.45, 7) is 2.30. The van der Waals surface area contributed by atoms with Crippen LogP contribution >= 0.6 is 0 Å². The molecule has 4 nitrogen and oxygen atoms in total. The van der Waals surface area contributed by atoms with Gasteiger partial charge in [-0.15, -0.1) is 0 Å². The third kappa shape index (κ3) is 3.09. The third-order valence-corrected chi connectivity index (χ3v) is 4.52. The maximum Gasteiger partial charge on any atom is 0.227 e. The van der Waals surface area contributed by atoms with Crippen LogP contribution in [0.1, 0.15) is 42.7 Å². The Balaban J connectivity index is 1.44. The summed E-state index contributed by atoms with van der Waals surface area (Å²) in [5, 5.41) is 3.03. The quantitative estimate of drug-likeness (QED) is 0.840. The van der Waals surface area contributed by atoms with Crippen molar-refractivity contribution < 1.29 is 9.59 Å². The molecular weight excluding hydrogens is 264 g/mol.